The van der Waals surface area contributed by atoms with Crippen LogP contribution >= 0.6 is 11.6 Å². The van der Waals surface area contributed by atoms with Gasteiger partial charge in [0.25, 0.3) is 0 Å². The van der Waals surface area contributed by atoms with Crippen molar-refractivity contribution in [2.24, 2.45) is 11.8 Å². The zero-order chi connectivity index (χ0) is 28.2. The Kier molecular flexibility index (Phi) is 8.62. The predicted molar refractivity (Wildman–Crippen MR) is 157 cm³/mol. The summed E-state index contributed by atoms with van der Waals surface area (Å²) in [7, 11) is 0. The number of piperidine rings is 1. The molecule has 9 nitrogen and oxygen atoms in total. The van der Waals surface area contributed by atoms with E-state index in [0.717, 1.165) is 70.7 Å². The van der Waals surface area contributed by atoms with Gasteiger partial charge in [-0.25, -0.2) is 14.4 Å². The molecule has 2 saturated heterocycles. The molecule has 6 rings (SSSR count). The van der Waals surface area contributed by atoms with E-state index < -0.39 is 5.82 Å². The van der Waals surface area contributed by atoms with Gasteiger partial charge in [-0.2, -0.15) is 0 Å². The second-order valence-electron chi connectivity index (χ2n) is 10.9. The first-order valence-electron chi connectivity index (χ1n) is 14.2. The Morgan fingerprint density at radius 2 is 1.98 bits per heavy atom. The number of ether oxygens (including phenoxy) is 2. The molecule has 1 aromatic heterocycles. The molecule has 2 unspecified atom stereocenters. The number of aromatic nitrogens is 2. The second kappa shape index (κ2) is 12.7. The highest BCUT2D eigenvalue weighted by molar-refractivity contribution is 6.31. The normalized spacial score (nSPS) is 20.8. The summed E-state index contributed by atoms with van der Waals surface area (Å²) < 4.78 is 25.3. The molecule has 2 N–H and O–H groups in total. The third-order valence-electron chi connectivity index (χ3n) is 7.84. The number of anilines is 3. The molecule has 0 spiro atoms. The second-order valence-corrected chi connectivity index (χ2v) is 11.3. The van der Waals surface area contributed by atoms with Crippen molar-refractivity contribution in [3.63, 3.8) is 0 Å². The highest BCUT2D eigenvalue weighted by Crippen LogP contribution is 2.44. The quantitative estimate of drug-likeness (QED) is 0.249. The fraction of sp³-hybridized carbons (Fsp3) is 0.433. The molecule has 3 aromatic rings. The van der Waals surface area contributed by atoms with E-state index in [0.29, 0.717) is 40.5 Å². The number of morpholine rings is 1. The fourth-order valence-electron chi connectivity index (χ4n) is 5.53. The molecule has 2 aliphatic heterocycles. The zero-order valence-corrected chi connectivity index (χ0v) is 23.6. The summed E-state index contributed by atoms with van der Waals surface area (Å²) in [4.78, 5) is 26.5. The third kappa shape index (κ3) is 7.13. The van der Waals surface area contributed by atoms with E-state index in [1.807, 2.05) is 12.1 Å². The highest BCUT2D eigenvalue weighted by Gasteiger charge is 2.44. The van der Waals surface area contributed by atoms with Gasteiger partial charge in [-0.15, -0.1) is 0 Å². The molecule has 3 fully saturated rings. The Balaban J connectivity index is 1.19. The molecule has 0 radical (unpaired) electrons. The van der Waals surface area contributed by atoms with Gasteiger partial charge in [0.1, 0.15) is 23.7 Å². The molecule has 1 amide bonds. The van der Waals surface area contributed by atoms with Gasteiger partial charge in [0.2, 0.25) is 5.91 Å². The van der Waals surface area contributed by atoms with Crippen molar-refractivity contribution in [1.29, 1.82) is 0 Å². The van der Waals surface area contributed by atoms with Gasteiger partial charge in [-0.1, -0.05) is 17.7 Å². The first kappa shape index (κ1) is 27.8. The van der Waals surface area contributed by atoms with E-state index in [4.69, 9.17) is 21.1 Å². The maximum Gasteiger partial charge on any atom is 0.248 e. The number of nitrogens with one attached hydrogen (secondary N) is 2. The number of fused-ring (bicyclic) bond motifs is 2. The molecule has 11 heteroatoms. The Hall–Kier alpha value is -3.31. The largest absolute Gasteiger partial charge is 0.491 e. The standard InChI is InChI=1S/C30H34ClFN6O3/c31-24-14-22(4-5-25(24)32)35-30-23-15-27(36-29(39)3-1-6-38-17-20-13-21(20)18-38)28(16-26(23)33-19-34-30)41-10-2-7-37-8-11-40-12-9-37/h1,3-5,14-16,19-21H,2,6-13,17-18H2,(H,36,39)(H,33,34,35). The minimum Gasteiger partial charge on any atom is -0.491 e. The predicted octanol–water partition coefficient (Wildman–Crippen LogP) is 4.71. The Labute approximate surface area is 243 Å². The average molecular weight is 581 g/mol. The number of nitrogens with zero attached hydrogens (tertiary/aromatic N) is 4. The van der Waals surface area contributed by atoms with Crippen LogP contribution in [0.15, 0.2) is 48.8 Å². The zero-order valence-electron chi connectivity index (χ0n) is 22.8. The SMILES string of the molecule is O=C(C=CCN1CC2CC2C1)Nc1cc2c(Nc3ccc(F)c(Cl)c3)ncnc2cc1OCCCN1CCOCC1. The molecule has 41 heavy (non-hydrogen) atoms. The van der Waals surface area contributed by atoms with Gasteiger partial charge in [0, 0.05) is 62.5 Å². The molecule has 0 bridgehead atoms. The molecule has 3 heterocycles. The lowest BCUT2D eigenvalue weighted by Crippen LogP contribution is -2.37. The van der Waals surface area contributed by atoms with Gasteiger partial charge >= 0.3 is 0 Å². The summed E-state index contributed by atoms with van der Waals surface area (Å²) in [5.74, 6) is 2.01. The molecule has 3 aliphatic rings. The van der Waals surface area contributed by atoms with Crippen LogP contribution in [0.4, 0.5) is 21.6 Å². The Morgan fingerprint density at radius 3 is 2.78 bits per heavy atom. The monoisotopic (exact) mass is 580 g/mol. The van der Waals surface area contributed by atoms with Gasteiger partial charge < -0.3 is 20.1 Å². The van der Waals surface area contributed by atoms with E-state index in [9.17, 15) is 9.18 Å². The summed E-state index contributed by atoms with van der Waals surface area (Å²) >= 11 is 5.97. The number of rotatable bonds is 11. The van der Waals surface area contributed by atoms with E-state index in [1.165, 1.54) is 24.9 Å². The van der Waals surface area contributed by atoms with Crippen molar-refractivity contribution in [1.82, 2.24) is 19.8 Å². The number of carbonyl (C=O) groups is 1. The smallest absolute Gasteiger partial charge is 0.248 e. The summed E-state index contributed by atoms with van der Waals surface area (Å²) in [6.45, 7) is 7.79. The lowest BCUT2D eigenvalue weighted by molar-refractivity contribution is -0.111. The first-order valence-corrected chi connectivity index (χ1v) is 14.5. The highest BCUT2D eigenvalue weighted by atomic mass is 35.5. The van der Waals surface area contributed by atoms with Crippen LogP contribution in [0.3, 0.4) is 0 Å². The number of hydrogen-bond acceptors (Lipinski definition) is 8. The molecular weight excluding hydrogens is 547 g/mol. The minimum atomic E-state index is -0.500. The number of hydrogen-bond donors (Lipinski definition) is 2. The Morgan fingerprint density at radius 1 is 1.15 bits per heavy atom. The van der Waals surface area contributed by atoms with Crippen LogP contribution in [0.25, 0.3) is 10.9 Å². The van der Waals surface area contributed by atoms with E-state index in [-0.39, 0.29) is 10.9 Å². The van der Waals surface area contributed by atoms with Crippen LogP contribution in [0, 0.1) is 17.7 Å². The number of amides is 1. The van der Waals surface area contributed by atoms with E-state index >= 15 is 0 Å². The number of carbonyl (C=O) groups excluding carboxylic acids is 1. The first-order chi connectivity index (χ1) is 20.0. The third-order valence-corrected chi connectivity index (χ3v) is 8.13. The summed E-state index contributed by atoms with van der Waals surface area (Å²) in [5, 5.41) is 6.86. The molecule has 2 aromatic carbocycles. The summed E-state index contributed by atoms with van der Waals surface area (Å²) in [6.07, 6.45) is 7.13. The van der Waals surface area contributed by atoms with Gasteiger partial charge in [-0.3, -0.25) is 14.6 Å². The van der Waals surface area contributed by atoms with Crippen molar-refractivity contribution in [3.05, 3.63) is 59.7 Å². The lowest BCUT2D eigenvalue weighted by atomic mass is 10.1. The van der Waals surface area contributed by atoms with Crippen LogP contribution in [-0.2, 0) is 9.53 Å². The van der Waals surface area contributed by atoms with Crippen molar-refractivity contribution < 1.29 is 18.7 Å². The van der Waals surface area contributed by atoms with Crippen LogP contribution < -0.4 is 15.4 Å². The van der Waals surface area contributed by atoms with Crippen LogP contribution in [0.2, 0.25) is 5.02 Å². The number of benzene rings is 2. The molecule has 1 aliphatic carbocycles. The van der Waals surface area contributed by atoms with Crippen molar-refractivity contribution in [2.45, 2.75) is 12.8 Å². The summed E-state index contributed by atoms with van der Waals surface area (Å²) in [6, 6.07) is 7.98. The van der Waals surface area contributed by atoms with Crippen LogP contribution in [-0.4, -0.2) is 84.8 Å². The van der Waals surface area contributed by atoms with E-state index in [1.54, 1.807) is 18.2 Å². The maximum atomic E-state index is 13.7. The van der Waals surface area contributed by atoms with Crippen molar-refractivity contribution in [3.8, 4) is 5.75 Å². The minimum absolute atomic E-state index is 0.00632. The van der Waals surface area contributed by atoms with Gasteiger partial charge in [-0.05, 0) is 48.9 Å². The lowest BCUT2D eigenvalue weighted by Gasteiger charge is -2.26. The molecule has 216 valence electrons. The maximum absolute atomic E-state index is 13.7. The molecule has 2 atom stereocenters. The van der Waals surface area contributed by atoms with Crippen LogP contribution in [0.5, 0.6) is 5.75 Å². The van der Waals surface area contributed by atoms with Crippen molar-refractivity contribution in [2.75, 3.05) is 69.7 Å². The van der Waals surface area contributed by atoms with Gasteiger partial charge in [0.15, 0.2) is 0 Å². The molecular formula is C30H34ClFN6O3. The van der Waals surface area contributed by atoms with Crippen molar-refractivity contribution >= 4 is 45.6 Å². The van der Waals surface area contributed by atoms with Crippen LogP contribution in [0.1, 0.15) is 12.8 Å². The fourth-order valence-corrected chi connectivity index (χ4v) is 5.71. The van der Waals surface area contributed by atoms with E-state index in [2.05, 4.69) is 30.4 Å². The summed E-state index contributed by atoms with van der Waals surface area (Å²) in [5.41, 5.74) is 1.74. The topological polar surface area (TPSA) is 91.9 Å². The number of likely N-dealkylation sites (tertiary alicyclic amines) is 1. The molecule has 1 saturated carbocycles. The Bertz CT molecular complexity index is 1420. The average Bonchev–Trinajstić information content (AvgIpc) is 3.59. The van der Waals surface area contributed by atoms with Gasteiger partial charge in [0.05, 0.1) is 36.0 Å². The number of halogens is 2.